The summed E-state index contributed by atoms with van der Waals surface area (Å²) in [4.78, 5) is 14.1. The summed E-state index contributed by atoms with van der Waals surface area (Å²) >= 11 is 1.59. The molecule has 0 aliphatic heterocycles. The number of benzene rings is 1. The van der Waals surface area contributed by atoms with Crippen LogP contribution in [0.1, 0.15) is 38.7 Å². The van der Waals surface area contributed by atoms with Gasteiger partial charge in [0.2, 0.25) is 0 Å². The molecule has 0 radical (unpaired) electrons. The molecule has 0 saturated carbocycles. The Balaban J connectivity index is 1.84. The summed E-state index contributed by atoms with van der Waals surface area (Å²) in [6.45, 7) is 4.33. The molecule has 20 heavy (non-hydrogen) atoms. The van der Waals surface area contributed by atoms with E-state index < -0.39 is 6.10 Å². The van der Waals surface area contributed by atoms with Crippen LogP contribution in [0.25, 0.3) is 0 Å². The number of hydrogen-bond acceptors (Lipinski definition) is 3. The number of thiophene rings is 1. The van der Waals surface area contributed by atoms with Gasteiger partial charge >= 0.3 is 0 Å². The Morgan fingerprint density at radius 2 is 2.15 bits per heavy atom. The van der Waals surface area contributed by atoms with Gasteiger partial charge in [0.25, 0.3) is 5.91 Å². The van der Waals surface area contributed by atoms with Crippen molar-refractivity contribution in [2.45, 2.75) is 26.4 Å². The van der Waals surface area contributed by atoms with E-state index in [4.69, 9.17) is 0 Å². The van der Waals surface area contributed by atoms with Gasteiger partial charge in [-0.15, -0.1) is 11.3 Å². The van der Waals surface area contributed by atoms with Crippen molar-refractivity contribution in [2.75, 3.05) is 6.54 Å². The minimum Gasteiger partial charge on any atom is -0.388 e. The van der Waals surface area contributed by atoms with Crippen molar-refractivity contribution in [1.29, 1.82) is 0 Å². The molecular weight excluding hydrogens is 270 g/mol. The second-order valence-corrected chi connectivity index (χ2v) is 6.06. The van der Waals surface area contributed by atoms with Crippen LogP contribution in [0.5, 0.6) is 0 Å². The summed E-state index contributed by atoms with van der Waals surface area (Å²) in [5, 5.41) is 12.4. The molecule has 0 saturated heterocycles. The van der Waals surface area contributed by atoms with Crippen molar-refractivity contribution in [1.82, 2.24) is 5.32 Å². The SMILES string of the molecule is Cc1cccc(C(=O)NCCc2ccc([C@H](C)O)s2)c1. The van der Waals surface area contributed by atoms with E-state index in [1.54, 1.807) is 18.3 Å². The van der Waals surface area contributed by atoms with Crippen LogP contribution in [-0.4, -0.2) is 17.6 Å². The van der Waals surface area contributed by atoms with Crippen LogP contribution in [0.3, 0.4) is 0 Å². The zero-order valence-electron chi connectivity index (χ0n) is 11.7. The number of aliphatic hydroxyl groups excluding tert-OH is 1. The zero-order chi connectivity index (χ0) is 14.5. The van der Waals surface area contributed by atoms with Crippen LogP contribution in [0.4, 0.5) is 0 Å². The molecule has 0 fully saturated rings. The van der Waals surface area contributed by atoms with E-state index in [-0.39, 0.29) is 5.91 Å². The number of rotatable bonds is 5. The Kier molecular flexibility index (Phi) is 4.93. The van der Waals surface area contributed by atoms with Gasteiger partial charge in [0.15, 0.2) is 0 Å². The fourth-order valence-corrected chi connectivity index (χ4v) is 2.89. The second-order valence-electron chi connectivity index (χ2n) is 4.86. The Labute approximate surface area is 123 Å². The molecule has 1 aromatic carbocycles. The van der Waals surface area contributed by atoms with Crippen molar-refractivity contribution in [3.05, 3.63) is 57.3 Å². The fourth-order valence-electron chi connectivity index (χ4n) is 1.94. The van der Waals surface area contributed by atoms with Gasteiger partial charge in [-0.2, -0.15) is 0 Å². The highest BCUT2D eigenvalue weighted by molar-refractivity contribution is 7.12. The van der Waals surface area contributed by atoms with E-state index in [0.29, 0.717) is 12.1 Å². The topological polar surface area (TPSA) is 49.3 Å². The molecule has 2 N–H and O–H groups in total. The van der Waals surface area contributed by atoms with Gasteiger partial charge in [0.1, 0.15) is 0 Å². The molecule has 3 nitrogen and oxygen atoms in total. The molecule has 0 aliphatic carbocycles. The van der Waals surface area contributed by atoms with Gasteiger partial charge in [-0.05, 0) is 44.5 Å². The lowest BCUT2D eigenvalue weighted by Crippen LogP contribution is -2.25. The highest BCUT2D eigenvalue weighted by Gasteiger charge is 2.07. The molecule has 106 valence electrons. The summed E-state index contributed by atoms with van der Waals surface area (Å²) in [5.41, 5.74) is 1.78. The number of hydrogen-bond donors (Lipinski definition) is 2. The maximum absolute atomic E-state index is 12.0. The van der Waals surface area contributed by atoms with E-state index in [0.717, 1.165) is 16.9 Å². The third kappa shape index (κ3) is 3.92. The smallest absolute Gasteiger partial charge is 0.251 e. The molecular formula is C16H19NO2S. The number of carbonyl (C=O) groups is 1. The van der Waals surface area contributed by atoms with Gasteiger partial charge in [-0.25, -0.2) is 0 Å². The van der Waals surface area contributed by atoms with Crippen molar-refractivity contribution in [3.63, 3.8) is 0 Å². The predicted molar refractivity (Wildman–Crippen MR) is 82.2 cm³/mol. The molecule has 2 aromatic rings. The predicted octanol–water partition coefficient (Wildman–Crippen LogP) is 3.08. The molecule has 0 unspecified atom stereocenters. The van der Waals surface area contributed by atoms with Crippen molar-refractivity contribution in [3.8, 4) is 0 Å². The molecule has 1 aromatic heterocycles. The Hall–Kier alpha value is -1.65. The summed E-state index contributed by atoms with van der Waals surface area (Å²) in [7, 11) is 0. The quantitative estimate of drug-likeness (QED) is 0.888. The summed E-state index contributed by atoms with van der Waals surface area (Å²) in [6, 6.07) is 11.5. The normalized spacial score (nSPS) is 12.2. The number of aryl methyl sites for hydroxylation is 1. The van der Waals surface area contributed by atoms with Crippen molar-refractivity contribution < 1.29 is 9.90 Å². The highest BCUT2D eigenvalue weighted by atomic mass is 32.1. The van der Waals surface area contributed by atoms with Crippen LogP contribution in [-0.2, 0) is 6.42 Å². The first-order valence-electron chi connectivity index (χ1n) is 6.68. The van der Waals surface area contributed by atoms with E-state index >= 15 is 0 Å². The first kappa shape index (κ1) is 14.8. The van der Waals surface area contributed by atoms with E-state index in [1.165, 1.54) is 4.88 Å². The lowest BCUT2D eigenvalue weighted by molar-refractivity contribution is 0.0954. The average Bonchev–Trinajstić information content (AvgIpc) is 2.87. The minimum absolute atomic E-state index is 0.0407. The molecule has 1 amide bonds. The molecule has 4 heteroatoms. The largest absolute Gasteiger partial charge is 0.388 e. The van der Waals surface area contributed by atoms with Crippen LogP contribution < -0.4 is 5.32 Å². The summed E-state index contributed by atoms with van der Waals surface area (Å²) in [6.07, 6.45) is 0.366. The lowest BCUT2D eigenvalue weighted by atomic mass is 10.1. The molecule has 2 rings (SSSR count). The Morgan fingerprint density at radius 1 is 1.35 bits per heavy atom. The molecule has 1 heterocycles. The van der Waals surface area contributed by atoms with E-state index in [2.05, 4.69) is 5.32 Å². The third-order valence-electron chi connectivity index (χ3n) is 3.03. The van der Waals surface area contributed by atoms with Crippen LogP contribution in [0.2, 0.25) is 0 Å². The van der Waals surface area contributed by atoms with Gasteiger partial charge in [-0.1, -0.05) is 17.7 Å². The summed E-state index contributed by atoms with van der Waals surface area (Å²) < 4.78 is 0. The first-order chi connectivity index (χ1) is 9.56. The van der Waals surface area contributed by atoms with Crippen molar-refractivity contribution >= 4 is 17.2 Å². The third-order valence-corrected chi connectivity index (χ3v) is 4.35. The second kappa shape index (κ2) is 6.68. The van der Waals surface area contributed by atoms with Crippen LogP contribution in [0, 0.1) is 6.92 Å². The minimum atomic E-state index is -0.421. The average molecular weight is 289 g/mol. The Morgan fingerprint density at radius 3 is 2.80 bits per heavy atom. The fraction of sp³-hybridized carbons (Fsp3) is 0.312. The zero-order valence-corrected chi connectivity index (χ0v) is 12.5. The highest BCUT2D eigenvalue weighted by Crippen LogP contribution is 2.22. The number of nitrogens with one attached hydrogen (secondary N) is 1. The molecule has 0 aliphatic rings. The van der Waals surface area contributed by atoms with Gasteiger partial charge in [-0.3, -0.25) is 4.79 Å². The van der Waals surface area contributed by atoms with Crippen molar-refractivity contribution in [2.24, 2.45) is 0 Å². The van der Waals surface area contributed by atoms with Gasteiger partial charge in [0.05, 0.1) is 6.10 Å². The molecule has 1 atom stereocenters. The Bertz CT molecular complexity index is 590. The van der Waals surface area contributed by atoms with Crippen LogP contribution >= 0.6 is 11.3 Å². The molecule has 0 spiro atoms. The van der Waals surface area contributed by atoms with Gasteiger partial charge < -0.3 is 10.4 Å². The molecule has 0 bridgehead atoms. The van der Waals surface area contributed by atoms with E-state index in [1.807, 2.05) is 43.3 Å². The number of carbonyl (C=O) groups excluding carboxylic acids is 1. The standard InChI is InChI=1S/C16H19NO2S/c1-11-4-3-5-13(10-11)16(19)17-9-8-14-6-7-15(20-14)12(2)18/h3-7,10,12,18H,8-9H2,1-2H3,(H,17,19)/t12-/m0/s1. The lowest BCUT2D eigenvalue weighted by Gasteiger charge is -2.05. The van der Waals surface area contributed by atoms with Crippen LogP contribution in [0.15, 0.2) is 36.4 Å². The number of amides is 1. The first-order valence-corrected chi connectivity index (χ1v) is 7.49. The summed E-state index contributed by atoms with van der Waals surface area (Å²) in [5.74, 6) is -0.0407. The maximum Gasteiger partial charge on any atom is 0.251 e. The number of aliphatic hydroxyl groups is 1. The van der Waals surface area contributed by atoms with E-state index in [9.17, 15) is 9.90 Å². The maximum atomic E-state index is 12.0. The van der Waals surface area contributed by atoms with Gasteiger partial charge in [0, 0.05) is 21.9 Å². The monoisotopic (exact) mass is 289 g/mol.